The Balaban J connectivity index is 1.77. The fourth-order valence-electron chi connectivity index (χ4n) is 1.65. The molecule has 3 rings (SSSR count). The van der Waals surface area contributed by atoms with Crippen LogP contribution in [0, 0.1) is 0 Å². The Bertz CT molecular complexity index is 586. The van der Waals surface area contributed by atoms with Crippen molar-refractivity contribution in [3.8, 4) is 5.75 Å². The third-order valence-corrected chi connectivity index (χ3v) is 2.45. The van der Waals surface area contributed by atoms with Crippen LogP contribution in [-0.2, 0) is 6.61 Å². The predicted octanol–water partition coefficient (Wildman–Crippen LogP) is 2.31. The molecule has 0 aliphatic heterocycles. The molecule has 17 heavy (non-hydrogen) atoms. The first kappa shape index (κ1) is 9.84. The van der Waals surface area contributed by atoms with Gasteiger partial charge in [-0.05, 0) is 24.3 Å². The van der Waals surface area contributed by atoms with Crippen LogP contribution in [0.25, 0.3) is 5.65 Å². The molecular formula is C13H11N3O. The number of aromatic nitrogens is 3. The van der Waals surface area contributed by atoms with Gasteiger partial charge in [0.25, 0.3) is 0 Å². The van der Waals surface area contributed by atoms with Gasteiger partial charge in [0.1, 0.15) is 18.0 Å². The van der Waals surface area contributed by atoms with Crippen LogP contribution >= 0.6 is 0 Å². The standard InChI is InChI=1S/C13H11N3O/c1-2-8-16-9-11(15-13(16)3-1)10-17-12-4-6-14-7-5-12/h1-9H,10H2. The van der Waals surface area contributed by atoms with Gasteiger partial charge >= 0.3 is 0 Å². The van der Waals surface area contributed by atoms with Crippen LogP contribution in [0.2, 0.25) is 0 Å². The smallest absolute Gasteiger partial charge is 0.137 e. The number of fused-ring (bicyclic) bond motifs is 1. The third-order valence-electron chi connectivity index (χ3n) is 2.45. The molecule has 0 amide bonds. The molecule has 3 heterocycles. The topological polar surface area (TPSA) is 39.4 Å². The summed E-state index contributed by atoms with van der Waals surface area (Å²) in [4.78, 5) is 8.39. The van der Waals surface area contributed by atoms with Crippen LogP contribution in [-0.4, -0.2) is 14.4 Å². The van der Waals surface area contributed by atoms with E-state index in [1.165, 1.54) is 0 Å². The summed E-state index contributed by atoms with van der Waals surface area (Å²) in [6.45, 7) is 0.464. The first-order chi connectivity index (χ1) is 8.42. The molecule has 0 radical (unpaired) electrons. The van der Waals surface area contributed by atoms with Crippen molar-refractivity contribution in [2.75, 3.05) is 0 Å². The monoisotopic (exact) mass is 225 g/mol. The number of rotatable bonds is 3. The van der Waals surface area contributed by atoms with E-state index in [1.807, 2.05) is 47.1 Å². The van der Waals surface area contributed by atoms with Gasteiger partial charge < -0.3 is 9.14 Å². The van der Waals surface area contributed by atoms with Crippen molar-refractivity contribution in [3.63, 3.8) is 0 Å². The lowest BCUT2D eigenvalue weighted by Crippen LogP contribution is -1.95. The lowest BCUT2D eigenvalue weighted by Gasteiger charge is -2.02. The third kappa shape index (κ3) is 2.10. The van der Waals surface area contributed by atoms with E-state index in [0.29, 0.717) is 6.61 Å². The lowest BCUT2D eigenvalue weighted by atomic mass is 10.4. The average Bonchev–Trinajstić information content (AvgIpc) is 2.80. The minimum absolute atomic E-state index is 0.464. The molecule has 0 fully saturated rings. The largest absolute Gasteiger partial charge is 0.487 e. The van der Waals surface area contributed by atoms with E-state index in [-0.39, 0.29) is 0 Å². The van der Waals surface area contributed by atoms with Crippen molar-refractivity contribution in [1.82, 2.24) is 14.4 Å². The van der Waals surface area contributed by atoms with Gasteiger partial charge in [-0.3, -0.25) is 4.98 Å². The van der Waals surface area contributed by atoms with Crippen molar-refractivity contribution < 1.29 is 4.74 Å². The van der Waals surface area contributed by atoms with Crippen molar-refractivity contribution >= 4 is 5.65 Å². The summed E-state index contributed by atoms with van der Waals surface area (Å²) in [6.07, 6.45) is 7.35. The van der Waals surface area contributed by atoms with Gasteiger partial charge in [0.05, 0.1) is 5.69 Å². The summed E-state index contributed by atoms with van der Waals surface area (Å²) < 4.78 is 7.58. The molecule has 3 aromatic heterocycles. The second-order valence-corrected chi connectivity index (χ2v) is 3.67. The van der Waals surface area contributed by atoms with Crippen LogP contribution in [0.3, 0.4) is 0 Å². The van der Waals surface area contributed by atoms with Crippen molar-refractivity contribution in [2.24, 2.45) is 0 Å². The molecule has 3 aromatic rings. The molecule has 84 valence electrons. The van der Waals surface area contributed by atoms with Gasteiger partial charge in [0.2, 0.25) is 0 Å². The Kier molecular flexibility index (Phi) is 2.46. The molecule has 0 aromatic carbocycles. The van der Waals surface area contributed by atoms with Gasteiger partial charge in [-0.15, -0.1) is 0 Å². The van der Waals surface area contributed by atoms with E-state index < -0.39 is 0 Å². The van der Waals surface area contributed by atoms with Gasteiger partial charge in [-0.2, -0.15) is 0 Å². The zero-order valence-electron chi connectivity index (χ0n) is 9.15. The normalized spacial score (nSPS) is 10.6. The summed E-state index contributed by atoms with van der Waals surface area (Å²) in [5.74, 6) is 0.803. The second-order valence-electron chi connectivity index (χ2n) is 3.67. The maximum Gasteiger partial charge on any atom is 0.137 e. The summed E-state index contributed by atoms with van der Waals surface area (Å²) >= 11 is 0. The maximum absolute atomic E-state index is 5.61. The van der Waals surface area contributed by atoms with Crippen LogP contribution < -0.4 is 4.74 Å². The van der Waals surface area contributed by atoms with Gasteiger partial charge in [-0.1, -0.05) is 6.07 Å². The zero-order chi connectivity index (χ0) is 11.5. The molecule has 0 aliphatic rings. The first-order valence-electron chi connectivity index (χ1n) is 5.37. The molecule has 0 aliphatic carbocycles. The van der Waals surface area contributed by atoms with E-state index in [1.54, 1.807) is 12.4 Å². The minimum Gasteiger partial charge on any atom is -0.487 e. The van der Waals surface area contributed by atoms with E-state index >= 15 is 0 Å². The first-order valence-corrected chi connectivity index (χ1v) is 5.37. The number of hydrogen-bond acceptors (Lipinski definition) is 3. The molecule has 0 bridgehead atoms. The molecule has 0 atom stereocenters. The highest BCUT2D eigenvalue weighted by molar-refractivity contribution is 5.39. The lowest BCUT2D eigenvalue weighted by molar-refractivity contribution is 0.301. The molecule has 0 N–H and O–H groups in total. The Morgan fingerprint density at radius 2 is 2.00 bits per heavy atom. The summed E-state index contributed by atoms with van der Waals surface area (Å²) in [5, 5.41) is 0. The number of pyridine rings is 2. The van der Waals surface area contributed by atoms with Gasteiger partial charge in [-0.25, -0.2) is 4.98 Å². The SMILES string of the molecule is c1ccn2cc(COc3ccncc3)nc2c1. The number of imidazole rings is 1. The Labute approximate surface area is 98.5 Å². The van der Waals surface area contributed by atoms with E-state index in [0.717, 1.165) is 17.1 Å². The van der Waals surface area contributed by atoms with Crippen LogP contribution in [0.1, 0.15) is 5.69 Å². The molecule has 4 nitrogen and oxygen atoms in total. The van der Waals surface area contributed by atoms with E-state index in [2.05, 4.69) is 9.97 Å². The molecular weight excluding hydrogens is 214 g/mol. The molecule has 0 saturated heterocycles. The van der Waals surface area contributed by atoms with E-state index in [9.17, 15) is 0 Å². The van der Waals surface area contributed by atoms with E-state index in [4.69, 9.17) is 4.74 Å². The van der Waals surface area contributed by atoms with Crippen molar-refractivity contribution in [1.29, 1.82) is 0 Å². The zero-order valence-corrected chi connectivity index (χ0v) is 9.15. The Morgan fingerprint density at radius 3 is 2.82 bits per heavy atom. The number of nitrogens with zero attached hydrogens (tertiary/aromatic N) is 3. The fourth-order valence-corrected chi connectivity index (χ4v) is 1.65. The highest BCUT2D eigenvalue weighted by Gasteiger charge is 2.01. The summed E-state index contributed by atoms with van der Waals surface area (Å²) in [5.41, 5.74) is 1.84. The fraction of sp³-hybridized carbons (Fsp3) is 0.0769. The average molecular weight is 225 g/mol. The predicted molar refractivity (Wildman–Crippen MR) is 63.8 cm³/mol. The molecule has 0 spiro atoms. The quantitative estimate of drug-likeness (QED) is 0.686. The Morgan fingerprint density at radius 1 is 1.12 bits per heavy atom. The molecule has 0 saturated carbocycles. The van der Waals surface area contributed by atoms with Crippen molar-refractivity contribution in [2.45, 2.75) is 6.61 Å². The number of ether oxygens (including phenoxy) is 1. The second kappa shape index (κ2) is 4.25. The van der Waals surface area contributed by atoms with Crippen LogP contribution in [0.15, 0.2) is 55.1 Å². The highest BCUT2D eigenvalue weighted by Crippen LogP contribution is 2.11. The Hall–Kier alpha value is -2.36. The van der Waals surface area contributed by atoms with Crippen LogP contribution in [0.4, 0.5) is 0 Å². The molecule has 4 heteroatoms. The minimum atomic E-state index is 0.464. The summed E-state index contributed by atoms with van der Waals surface area (Å²) in [7, 11) is 0. The van der Waals surface area contributed by atoms with Crippen molar-refractivity contribution in [3.05, 3.63) is 60.8 Å². The highest BCUT2D eigenvalue weighted by atomic mass is 16.5. The summed E-state index contributed by atoms with van der Waals surface area (Å²) in [6, 6.07) is 9.57. The van der Waals surface area contributed by atoms with Crippen LogP contribution in [0.5, 0.6) is 5.75 Å². The van der Waals surface area contributed by atoms with Gasteiger partial charge in [0, 0.05) is 24.8 Å². The molecule has 0 unspecified atom stereocenters. The maximum atomic E-state index is 5.61. The number of hydrogen-bond donors (Lipinski definition) is 0. The van der Waals surface area contributed by atoms with Gasteiger partial charge in [0.15, 0.2) is 0 Å².